The smallest absolute Gasteiger partial charge is 0.153 e. The number of nitrogens with one attached hydrogen (secondary N) is 1. The van der Waals surface area contributed by atoms with E-state index in [0.717, 1.165) is 41.8 Å². The van der Waals surface area contributed by atoms with Crippen LogP contribution < -0.4 is 4.90 Å². The number of nitrogens with zero attached hydrogens (tertiary/aromatic N) is 2. The van der Waals surface area contributed by atoms with Crippen LogP contribution in [0.2, 0.25) is 0 Å². The predicted molar refractivity (Wildman–Crippen MR) is 117 cm³/mol. The molecule has 7 heteroatoms. The third kappa shape index (κ3) is 4.33. The van der Waals surface area contributed by atoms with Gasteiger partial charge >= 0.3 is 0 Å². The summed E-state index contributed by atoms with van der Waals surface area (Å²) in [6, 6.07) is 10.7. The van der Waals surface area contributed by atoms with Crippen molar-refractivity contribution in [1.82, 2.24) is 9.97 Å². The number of H-pyrrole nitrogens is 1. The summed E-state index contributed by atoms with van der Waals surface area (Å²) in [7, 11) is -2.97. The molecule has 3 aromatic rings. The summed E-state index contributed by atoms with van der Waals surface area (Å²) in [5.74, 6) is 1.24. The Bertz CT molecular complexity index is 1080. The molecule has 0 bridgehead atoms. The van der Waals surface area contributed by atoms with Gasteiger partial charge in [0.05, 0.1) is 11.3 Å². The van der Waals surface area contributed by atoms with Gasteiger partial charge in [-0.1, -0.05) is 31.2 Å². The van der Waals surface area contributed by atoms with E-state index in [4.69, 9.17) is 4.98 Å². The van der Waals surface area contributed by atoms with Gasteiger partial charge in [-0.25, -0.2) is 13.4 Å². The first-order valence-corrected chi connectivity index (χ1v) is 11.4. The molecule has 3 heterocycles. The van der Waals surface area contributed by atoms with Gasteiger partial charge in [-0.05, 0) is 41.5 Å². The van der Waals surface area contributed by atoms with E-state index in [1.54, 1.807) is 0 Å². The molecule has 1 aliphatic rings. The van der Waals surface area contributed by atoms with Gasteiger partial charge < -0.3 is 9.88 Å². The first kappa shape index (κ1) is 20.7. The molecule has 2 aromatic heterocycles. The van der Waals surface area contributed by atoms with E-state index in [9.17, 15) is 8.42 Å². The molecule has 1 N–H and O–H groups in total. The topological polar surface area (TPSA) is 66.1 Å². The summed E-state index contributed by atoms with van der Waals surface area (Å²) < 4.78 is 23.2. The molecular formula is C21H26ClN3O2S. The van der Waals surface area contributed by atoms with Crippen molar-refractivity contribution in [2.24, 2.45) is 5.92 Å². The number of aromatic nitrogens is 2. The maximum Gasteiger partial charge on any atom is 0.153 e. The second-order valence-electron chi connectivity index (χ2n) is 7.72. The molecule has 1 aromatic carbocycles. The number of hydrogen-bond acceptors (Lipinski definition) is 4. The summed E-state index contributed by atoms with van der Waals surface area (Å²) in [5, 5.41) is 1.14. The Morgan fingerprint density at radius 1 is 1.21 bits per heavy atom. The minimum absolute atomic E-state index is 0. The number of hydrogen-bond donors (Lipinski definition) is 1. The molecule has 0 aliphatic carbocycles. The molecule has 0 saturated heterocycles. The van der Waals surface area contributed by atoms with Crippen LogP contribution in [0, 0.1) is 5.92 Å². The molecule has 28 heavy (non-hydrogen) atoms. The zero-order valence-electron chi connectivity index (χ0n) is 16.2. The molecule has 0 radical (unpaired) electrons. The SMILES string of the molecule is CC(Cc1cnc(N2CCc3ccccc3C2)c2[nH]ccc12)CS(C)(=O)=O.Cl. The Hall–Kier alpha value is -2.05. The van der Waals surface area contributed by atoms with Crippen LogP contribution >= 0.6 is 12.4 Å². The highest BCUT2D eigenvalue weighted by atomic mass is 35.5. The Labute approximate surface area is 172 Å². The Morgan fingerprint density at radius 3 is 2.71 bits per heavy atom. The van der Waals surface area contributed by atoms with Crippen LogP contribution in [0.4, 0.5) is 5.82 Å². The summed E-state index contributed by atoms with van der Waals surface area (Å²) in [4.78, 5) is 10.4. The van der Waals surface area contributed by atoms with Gasteiger partial charge in [0.15, 0.2) is 5.82 Å². The molecule has 5 nitrogen and oxygen atoms in total. The number of rotatable bonds is 5. The molecule has 0 fully saturated rings. The molecule has 150 valence electrons. The lowest BCUT2D eigenvalue weighted by molar-refractivity contribution is 0.575. The Balaban J connectivity index is 0.00000225. The van der Waals surface area contributed by atoms with Crippen molar-refractivity contribution in [2.45, 2.75) is 26.3 Å². The van der Waals surface area contributed by atoms with E-state index in [-0.39, 0.29) is 24.1 Å². The van der Waals surface area contributed by atoms with Gasteiger partial charge in [-0.2, -0.15) is 0 Å². The van der Waals surface area contributed by atoms with E-state index in [1.165, 1.54) is 17.4 Å². The number of aromatic amines is 1. The molecule has 4 rings (SSSR count). The molecule has 0 amide bonds. The Kier molecular flexibility index (Phi) is 6.01. The van der Waals surface area contributed by atoms with Crippen molar-refractivity contribution < 1.29 is 8.42 Å². The van der Waals surface area contributed by atoms with Crippen LogP contribution in [0.25, 0.3) is 10.9 Å². The molecule has 1 unspecified atom stereocenters. The standard InChI is InChI=1S/C21H25N3O2S.ClH/c1-15(14-27(2,25)26)11-18-12-23-21(20-19(18)7-9-22-20)24-10-8-16-5-3-4-6-17(16)13-24;/h3-7,9,12,15,22H,8,10-11,13-14H2,1-2H3;1H. The van der Waals surface area contributed by atoms with Crippen LogP contribution in [0.5, 0.6) is 0 Å². The van der Waals surface area contributed by atoms with E-state index in [0.29, 0.717) is 6.42 Å². The lowest BCUT2D eigenvalue weighted by Gasteiger charge is -2.30. The summed E-state index contributed by atoms with van der Waals surface area (Å²) in [5.41, 5.74) is 4.92. The molecule has 0 spiro atoms. The van der Waals surface area contributed by atoms with Crippen LogP contribution in [0.1, 0.15) is 23.6 Å². The zero-order chi connectivity index (χ0) is 19.0. The predicted octanol–water partition coefficient (Wildman–Crippen LogP) is 3.77. The number of anilines is 1. The number of fused-ring (bicyclic) bond motifs is 2. The van der Waals surface area contributed by atoms with Gasteiger partial charge in [-0.3, -0.25) is 0 Å². The molecule has 1 aliphatic heterocycles. The highest BCUT2D eigenvalue weighted by molar-refractivity contribution is 7.90. The third-order valence-electron chi connectivity index (χ3n) is 5.25. The van der Waals surface area contributed by atoms with Crippen molar-refractivity contribution in [3.8, 4) is 0 Å². The quantitative estimate of drug-likeness (QED) is 0.683. The van der Waals surface area contributed by atoms with E-state index < -0.39 is 9.84 Å². The number of halogens is 1. The molecule has 0 saturated carbocycles. The highest BCUT2D eigenvalue weighted by Gasteiger charge is 2.21. The lowest BCUT2D eigenvalue weighted by atomic mass is 9.99. The van der Waals surface area contributed by atoms with Crippen LogP contribution in [-0.2, 0) is 29.2 Å². The third-order valence-corrected chi connectivity index (χ3v) is 6.42. The monoisotopic (exact) mass is 419 g/mol. The number of benzene rings is 1. The fourth-order valence-corrected chi connectivity index (χ4v) is 5.28. The minimum Gasteiger partial charge on any atom is -0.358 e. The van der Waals surface area contributed by atoms with Crippen molar-refractivity contribution in [1.29, 1.82) is 0 Å². The molecular weight excluding hydrogens is 394 g/mol. The number of sulfone groups is 1. The summed E-state index contributed by atoms with van der Waals surface area (Å²) in [6.07, 6.45) is 6.89. The maximum absolute atomic E-state index is 11.6. The van der Waals surface area contributed by atoms with Gasteiger partial charge in [0, 0.05) is 37.1 Å². The van der Waals surface area contributed by atoms with E-state index in [1.807, 2.05) is 19.3 Å². The highest BCUT2D eigenvalue weighted by Crippen LogP contribution is 2.31. The van der Waals surface area contributed by atoms with Crippen LogP contribution in [0.15, 0.2) is 42.7 Å². The first-order valence-electron chi connectivity index (χ1n) is 9.35. The molecule has 1 atom stereocenters. The zero-order valence-corrected chi connectivity index (χ0v) is 17.8. The second-order valence-corrected chi connectivity index (χ2v) is 9.90. The van der Waals surface area contributed by atoms with E-state index >= 15 is 0 Å². The maximum atomic E-state index is 11.6. The normalized spacial score (nSPS) is 15.1. The Morgan fingerprint density at radius 2 is 1.96 bits per heavy atom. The van der Waals surface area contributed by atoms with Crippen molar-refractivity contribution in [3.63, 3.8) is 0 Å². The second kappa shape index (κ2) is 8.13. The van der Waals surface area contributed by atoms with Crippen molar-refractivity contribution in [3.05, 3.63) is 59.4 Å². The van der Waals surface area contributed by atoms with Crippen LogP contribution in [0.3, 0.4) is 0 Å². The summed E-state index contributed by atoms with van der Waals surface area (Å²) in [6.45, 7) is 3.79. The van der Waals surface area contributed by atoms with Crippen molar-refractivity contribution in [2.75, 3.05) is 23.5 Å². The number of pyridine rings is 1. The fourth-order valence-electron chi connectivity index (χ4n) is 4.13. The largest absolute Gasteiger partial charge is 0.358 e. The summed E-state index contributed by atoms with van der Waals surface area (Å²) >= 11 is 0. The van der Waals surface area contributed by atoms with Crippen molar-refractivity contribution >= 4 is 39.0 Å². The fraction of sp³-hybridized carbons (Fsp3) is 0.381. The van der Waals surface area contributed by atoms with E-state index in [2.05, 4.69) is 40.2 Å². The lowest BCUT2D eigenvalue weighted by Crippen LogP contribution is -2.31. The minimum atomic E-state index is -2.97. The first-order chi connectivity index (χ1) is 12.9. The van der Waals surface area contributed by atoms with Gasteiger partial charge in [0.2, 0.25) is 0 Å². The average molecular weight is 420 g/mol. The van der Waals surface area contributed by atoms with Crippen LogP contribution in [-0.4, -0.2) is 36.9 Å². The average Bonchev–Trinajstić information content (AvgIpc) is 3.10. The van der Waals surface area contributed by atoms with Gasteiger partial charge in [0.1, 0.15) is 9.84 Å². The van der Waals surface area contributed by atoms with Gasteiger partial charge in [-0.15, -0.1) is 12.4 Å². The van der Waals surface area contributed by atoms with Gasteiger partial charge in [0.25, 0.3) is 0 Å².